The van der Waals surface area contributed by atoms with Crippen LogP contribution < -0.4 is 11.1 Å². The van der Waals surface area contributed by atoms with Crippen LogP contribution in [-0.2, 0) is 16.6 Å². The first-order valence-corrected chi connectivity index (χ1v) is 14.2. The maximum atomic E-state index is 12.9. The number of methoxy groups -OCH3 is 1. The second-order valence-corrected chi connectivity index (χ2v) is 11.1. The molecule has 1 amide bonds. The van der Waals surface area contributed by atoms with Gasteiger partial charge in [0.2, 0.25) is 5.91 Å². The van der Waals surface area contributed by atoms with Crippen molar-refractivity contribution in [3.05, 3.63) is 82.2 Å². The van der Waals surface area contributed by atoms with Crippen LogP contribution in [0.4, 0.5) is 0 Å². The predicted molar refractivity (Wildman–Crippen MR) is 161 cm³/mol. The number of halogens is 1. The number of carbonyl (C=O) groups excluding carboxylic acids is 1. The van der Waals surface area contributed by atoms with Crippen molar-refractivity contribution in [1.82, 2.24) is 29.7 Å². The number of aliphatic imine (C=N–C) groups is 1. The molecule has 1 aliphatic carbocycles. The molecule has 41 heavy (non-hydrogen) atoms. The van der Waals surface area contributed by atoms with E-state index in [2.05, 4.69) is 43.3 Å². The lowest BCUT2D eigenvalue weighted by Gasteiger charge is -2.40. The summed E-state index contributed by atoms with van der Waals surface area (Å²) >= 11 is 6.64. The maximum absolute atomic E-state index is 12.9. The number of nitrogens with one attached hydrogen (secondary N) is 1. The number of ether oxygens (including phenoxy) is 1. The molecule has 2 atom stereocenters. The SMILES string of the molecule is COCC(=O)N[C@H](C1=Cc2cccnc2[C@@H](N2CCN(C(N)=NC(C)C)CC2)c2ccc(Cl)cc21)c1cncn1C. The number of imidazole rings is 1. The Morgan fingerprint density at radius 3 is 2.71 bits per heavy atom. The minimum Gasteiger partial charge on any atom is -0.375 e. The number of nitrogens with zero attached hydrogens (tertiary/aromatic N) is 6. The zero-order valence-electron chi connectivity index (χ0n) is 23.9. The van der Waals surface area contributed by atoms with E-state index in [0.29, 0.717) is 11.0 Å². The highest BCUT2D eigenvalue weighted by Gasteiger charge is 2.35. The molecule has 3 N–H and O–H groups in total. The van der Waals surface area contributed by atoms with Gasteiger partial charge in [-0.2, -0.15) is 0 Å². The molecule has 1 aliphatic heterocycles. The summed E-state index contributed by atoms with van der Waals surface area (Å²) in [5, 5.41) is 3.79. The summed E-state index contributed by atoms with van der Waals surface area (Å²) in [6.45, 7) is 7.08. The number of pyridine rings is 1. The van der Waals surface area contributed by atoms with Gasteiger partial charge in [0, 0.05) is 57.6 Å². The Labute approximate surface area is 245 Å². The van der Waals surface area contributed by atoms with Crippen LogP contribution in [0, 0.1) is 0 Å². The van der Waals surface area contributed by atoms with E-state index in [9.17, 15) is 4.79 Å². The van der Waals surface area contributed by atoms with E-state index in [1.165, 1.54) is 7.11 Å². The van der Waals surface area contributed by atoms with E-state index in [4.69, 9.17) is 27.1 Å². The number of benzene rings is 1. The standard InChI is InChI=1S/C30H37ClN8O2/c1-19(2)35-30(32)39-12-10-38(11-13-39)29-22-8-7-21(31)15-23(22)24(14-20-6-5-9-34-27(20)29)28(36-26(40)17-41-4)25-16-33-18-37(25)3/h5-9,14-16,18-19,28-29H,10-13,17H2,1-4H3,(H2,32,35)(H,36,40)/t28-,29+/m1/s1. The van der Waals surface area contributed by atoms with Crippen molar-refractivity contribution in [3.8, 4) is 0 Å². The number of piperazine rings is 1. The number of fused-ring (bicyclic) bond motifs is 2. The second kappa shape index (κ2) is 12.4. The molecule has 2 aliphatic rings. The molecule has 0 unspecified atom stereocenters. The normalized spacial score (nSPS) is 18.4. The molecule has 3 aromatic rings. The Balaban J connectivity index is 1.61. The number of amides is 1. The molecule has 10 nitrogen and oxygen atoms in total. The number of carbonyl (C=O) groups is 1. The lowest BCUT2D eigenvalue weighted by molar-refractivity contribution is -0.125. The molecule has 1 aromatic carbocycles. The smallest absolute Gasteiger partial charge is 0.246 e. The van der Waals surface area contributed by atoms with Crippen LogP contribution in [0.25, 0.3) is 11.6 Å². The van der Waals surface area contributed by atoms with Gasteiger partial charge in [0.1, 0.15) is 6.61 Å². The van der Waals surface area contributed by atoms with Gasteiger partial charge in [0.25, 0.3) is 0 Å². The quantitative estimate of drug-likeness (QED) is 0.328. The Bertz CT molecular complexity index is 1460. The number of nitrogens with two attached hydrogens (primary N) is 1. The Morgan fingerprint density at radius 1 is 1.24 bits per heavy atom. The van der Waals surface area contributed by atoms with Crippen LogP contribution in [-0.4, -0.2) is 82.1 Å². The van der Waals surface area contributed by atoms with Gasteiger partial charge in [-0.25, -0.2) is 4.98 Å². The first-order chi connectivity index (χ1) is 19.8. The van der Waals surface area contributed by atoms with E-state index < -0.39 is 6.04 Å². The van der Waals surface area contributed by atoms with E-state index in [1.54, 1.807) is 12.5 Å². The summed E-state index contributed by atoms with van der Waals surface area (Å²) in [5.41, 5.74) is 12.0. The molecule has 0 saturated carbocycles. The highest BCUT2D eigenvalue weighted by molar-refractivity contribution is 6.30. The van der Waals surface area contributed by atoms with Crippen LogP contribution in [0.3, 0.4) is 0 Å². The molecule has 2 aromatic heterocycles. The molecular weight excluding hydrogens is 540 g/mol. The van der Waals surface area contributed by atoms with Gasteiger partial charge in [-0.3, -0.25) is 19.7 Å². The molecule has 0 bridgehead atoms. The van der Waals surface area contributed by atoms with Crippen molar-refractivity contribution in [2.24, 2.45) is 17.8 Å². The van der Waals surface area contributed by atoms with Crippen LogP contribution >= 0.6 is 11.6 Å². The first kappa shape index (κ1) is 28.8. The van der Waals surface area contributed by atoms with Crippen LogP contribution in [0.1, 0.15) is 54.0 Å². The molecule has 1 saturated heterocycles. The number of hydrogen-bond acceptors (Lipinski definition) is 6. The Morgan fingerprint density at radius 2 is 2.02 bits per heavy atom. The fourth-order valence-corrected chi connectivity index (χ4v) is 5.82. The minimum absolute atomic E-state index is 0.0572. The summed E-state index contributed by atoms with van der Waals surface area (Å²) in [4.78, 5) is 31.3. The van der Waals surface area contributed by atoms with Gasteiger partial charge >= 0.3 is 0 Å². The van der Waals surface area contributed by atoms with Crippen molar-refractivity contribution >= 4 is 35.1 Å². The van der Waals surface area contributed by atoms with Gasteiger partial charge in [-0.15, -0.1) is 0 Å². The summed E-state index contributed by atoms with van der Waals surface area (Å²) in [6, 6.07) is 9.52. The number of aromatic nitrogens is 3. The van der Waals surface area contributed by atoms with Crippen LogP contribution in [0.5, 0.6) is 0 Å². The second-order valence-electron chi connectivity index (χ2n) is 10.7. The van der Waals surface area contributed by atoms with Crippen LogP contribution in [0.2, 0.25) is 5.02 Å². The average Bonchev–Trinajstić information content (AvgIpc) is 3.31. The van der Waals surface area contributed by atoms with Gasteiger partial charge in [-0.1, -0.05) is 23.7 Å². The van der Waals surface area contributed by atoms with Crippen molar-refractivity contribution in [2.75, 3.05) is 39.9 Å². The average molecular weight is 577 g/mol. The fourth-order valence-electron chi connectivity index (χ4n) is 5.64. The van der Waals surface area contributed by atoms with Crippen molar-refractivity contribution in [1.29, 1.82) is 0 Å². The highest BCUT2D eigenvalue weighted by atomic mass is 35.5. The molecule has 11 heteroatoms. The molecule has 0 spiro atoms. The fraction of sp³-hybridized carbons (Fsp3) is 0.400. The molecule has 5 rings (SSSR count). The predicted octanol–water partition coefficient (Wildman–Crippen LogP) is 3.26. The van der Waals surface area contributed by atoms with Gasteiger partial charge < -0.3 is 25.3 Å². The van der Waals surface area contributed by atoms with Crippen LogP contribution in [0.15, 0.2) is 54.0 Å². The third kappa shape index (κ3) is 6.14. The number of rotatable bonds is 7. The zero-order valence-corrected chi connectivity index (χ0v) is 24.7. The molecule has 216 valence electrons. The van der Waals surface area contributed by atoms with E-state index in [1.807, 2.05) is 49.9 Å². The van der Waals surface area contributed by atoms with Gasteiger partial charge in [0.15, 0.2) is 5.96 Å². The third-order valence-electron chi connectivity index (χ3n) is 7.50. The van der Waals surface area contributed by atoms with Crippen molar-refractivity contribution in [3.63, 3.8) is 0 Å². The topological polar surface area (TPSA) is 114 Å². The monoisotopic (exact) mass is 576 g/mol. The van der Waals surface area contributed by atoms with Crippen molar-refractivity contribution in [2.45, 2.75) is 32.0 Å². The molecule has 1 fully saturated rings. The largest absolute Gasteiger partial charge is 0.375 e. The highest BCUT2D eigenvalue weighted by Crippen LogP contribution is 2.44. The zero-order chi connectivity index (χ0) is 29.1. The van der Waals surface area contributed by atoms with E-state index in [0.717, 1.165) is 59.8 Å². The number of hydrogen-bond donors (Lipinski definition) is 2. The lowest BCUT2D eigenvalue weighted by atomic mass is 9.89. The number of aryl methyl sites for hydroxylation is 1. The Hall–Kier alpha value is -3.73. The van der Waals surface area contributed by atoms with E-state index in [-0.39, 0.29) is 24.6 Å². The van der Waals surface area contributed by atoms with Gasteiger partial charge in [-0.05, 0) is 60.4 Å². The summed E-state index contributed by atoms with van der Waals surface area (Å²) in [7, 11) is 3.42. The summed E-state index contributed by atoms with van der Waals surface area (Å²) in [6.07, 6.45) is 7.46. The number of guanidine groups is 1. The maximum Gasteiger partial charge on any atom is 0.246 e. The van der Waals surface area contributed by atoms with Crippen molar-refractivity contribution < 1.29 is 9.53 Å². The Kier molecular flexibility index (Phi) is 8.72. The van der Waals surface area contributed by atoms with Gasteiger partial charge in [0.05, 0.1) is 36.0 Å². The lowest BCUT2D eigenvalue weighted by Crippen LogP contribution is -2.52. The first-order valence-electron chi connectivity index (χ1n) is 13.8. The summed E-state index contributed by atoms with van der Waals surface area (Å²) in [5.74, 6) is 0.355. The third-order valence-corrected chi connectivity index (χ3v) is 7.73. The molecule has 3 heterocycles. The summed E-state index contributed by atoms with van der Waals surface area (Å²) < 4.78 is 7.05. The van der Waals surface area contributed by atoms with E-state index >= 15 is 0 Å². The molecule has 0 radical (unpaired) electrons. The molecular formula is C30H37ClN8O2. The minimum atomic E-state index is -0.502.